The Morgan fingerprint density at radius 2 is 1.88 bits per heavy atom. The molecule has 0 aliphatic heterocycles. The molecule has 4 rings (SSSR count). The number of aromatic carboxylic acids is 1. The van der Waals surface area contributed by atoms with Crippen LogP contribution in [-0.2, 0) is 0 Å². The van der Waals surface area contributed by atoms with Crippen LogP contribution in [0.15, 0.2) is 41.2 Å². The Balaban J connectivity index is 1.99. The first kappa shape index (κ1) is 14.9. The second-order valence-corrected chi connectivity index (χ2v) is 5.56. The fourth-order valence-electron chi connectivity index (χ4n) is 2.76. The predicted octanol–water partition coefficient (Wildman–Crippen LogP) is 2.49. The van der Waals surface area contributed by atoms with Gasteiger partial charge in [-0.3, -0.25) is 4.79 Å². The average Bonchev–Trinajstić information content (AvgIpc) is 2.91. The maximum Gasteiger partial charge on any atom is 0.335 e. The smallest absolute Gasteiger partial charge is 0.335 e. The lowest BCUT2D eigenvalue weighted by Gasteiger charge is -2.02. The molecule has 2 heterocycles. The molecule has 8 heteroatoms. The van der Waals surface area contributed by atoms with Crippen LogP contribution in [0.1, 0.15) is 10.4 Å². The quantitative estimate of drug-likeness (QED) is 0.447. The summed E-state index contributed by atoms with van der Waals surface area (Å²) < 4.78 is 13.4. The Bertz CT molecular complexity index is 1230. The molecule has 5 N–H and O–H groups in total. The number of carboxylic acid groups (broad SMARTS) is 1. The summed E-state index contributed by atoms with van der Waals surface area (Å²) in [6.45, 7) is 0. The number of nitrogens with one attached hydrogen (secondary N) is 2. The van der Waals surface area contributed by atoms with E-state index in [-0.39, 0.29) is 28.2 Å². The molecule has 0 radical (unpaired) electrons. The lowest BCUT2D eigenvalue weighted by atomic mass is 10.1. The lowest BCUT2D eigenvalue weighted by Crippen LogP contribution is -2.12. The van der Waals surface area contributed by atoms with E-state index < -0.39 is 17.3 Å². The summed E-state index contributed by atoms with van der Waals surface area (Å²) >= 11 is 0. The third-order valence-corrected chi connectivity index (χ3v) is 3.98. The monoisotopic (exact) mass is 338 g/mol. The number of nitrogens with zero attached hydrogens (tertiary/aromatic N) is 1. The van der Waals surface area contributed by atoms with Crippen LogP contribution in [0.3, 0.4) is 0 Å². The highest BCUT2D eigenvalue weighted by molar-refractivity contribution is 6.03. The van der Waals surface area contributed by atoms with Gasteiger partial charge in [-0.15, -0.1) is 0 Å². The number of benzene rings is 2. The molecule has 0 unspecified atom stereocenters. The fraction of sp³-hybridized carbons (Fsp3) is 0. The number of aromatic nitrogens is 3. The number of H-pyrrole nitrogens is 2. The van der Waals surface area contributed by atoms with Gasteiger partial charge in [0.05, 0.1) is 28.0 Å². The van der Waals surface area contributed by atoms with Gasteiger partial charge in [-0.1, -0.05) is 0 Å². The van der Waals surface area contributed by atoms with E-state index >= 15 is 0 Å². The maximum atomic E-state index is 13.4. The van der Waals surface area contributed by atoms with E-state index in [0.29, 0.717) is 16.4 Å². The van der Waals surface area contributed by atoms with Crippen molar-refractivity contribution >= 4 is 33.6 Å². The number of hydrogen-bond acceptors (Lipinski definition) is 4. The molecule has 25 heavy (non-hydrogen) atoms. The van der Waals surface area contributed by atoms with Gasteiger partial charge in [-0.25, -0.2) is 14.2 Å². The van der Waals surface area contributed by atoms with Gasteiger partial charge in [0.25, 0.3) is 5.56 Å². The highest BCUT2D eigenvalue weighted by atomic mass is 19.1. The van der Waals surface area contributed by atoms with Crippen molar-refractivity contribution in [1.29, 1.82) is 0 Å². The molecule has 0 spiro atoms. The van der Waals surface area contributed by atoms with Crippen LogP contribution in [0.25, 0.3) is 33.3 Å². The molecule has 0 fully saturated rings. The molecule has 124 valence electrons. The van der Waals surface area contributed by atoms with Gasteiger partial charge in [0, 0.05) is 17.0 Å². The van der Waals surface area contributed by atoms with E-state index in [1.165, 1.54) is 30.3 Å². The van der Waals surface area contributed by atoms with E-state index in [2.05, 4.69) is 15.0 Å². The Labute approximate surface area is 138 Å². The third-order valence-electron chi connectivity index (χ3n) is 3.98. The average molecular weight is 338 g/mol. The van der Waals surface area contributed by atoms with Crippen LogP contribution < -0.4 is 11.3 Å². The minimum atomic E-state index is -1.08. The highest BCUT2D eigenvalue weighted by Gasteiger charge is 2.17. The molecule has 0 amide bonds. The molecule has 2 aromatic heterocycles. The van der Waals surface area contributed by atoms with E-state index in [1.807, 2.05) is 0 Å². The second kappa shape index (κ2) is 5.17. The van der Waals surface area contributed by atoms with Crippen molar-refractivity contribution < 1.29 is 14.3 Å². The number of anilines is 1. The Morgan fingerprint density at radius 3 is 2.64 bits per heavy atom. The zero-order chi connectivity index (χ0) is 17.7. The maximum absolute atomic E-state index is 13.4. The summed E-state index contributed by atoms with van der Waals surface area (Å²) in [5, 5.41) is 9.56. The van der Waals surface area contributed by atoms with Gasteiger partial charge in [0.2, 0.25) is 0 Å². The van der Waals surface area contributed by atoms with Crippen molar-refractivity contribution in [3.05, 3.63) is 58.1 Å². The Morgan fingerprint density at radius 1 is 1.12 bits per heavy atom. The highest BCUT2D eigenvalue weighted by Crippen LogP contribution is 2.31. The minimum Gasteiger partial charge on any atom is -0.478 e. The summed E-state index contributed by atoms with van der Waals surface area (Å²) in [6.07, 6.45) is 0. The van der Waals surface area contributed by atoms with Crippen LogP contribution >= 0.6 is 0 Å². The number of aromatic amines is 2. The fourth-order valence-corrected chi connectivity index (χ4v) is 2.76. The largest absolute Gasteiger partial charge is 0.478 e. The molecule has 4 aromatic rings. The zero-order valence-corrected chi connectivity index (χ0v) is 12.6. The summed E-state index contributed by atoms with van der Waals surface area (Å²) in [5.41, 5.74) is 7.38. The zero-order valence-electron chi connectivity index (χ0n) is 12.6. The second-order valence-electron chi connectivity index (χ2n) is 5.56. The van der Waals surface area contributed by atoms with Crippen LogP contribution in [0, 0.1) is 5.82 Å². The molecular weight excluding hydrogens is 327 g/mol. The Hall–Kier alpha value is -3.68. The molecule has 0 bridgehead atoms. The molecule has 2 aromatic carbocycles. The molecule has 0 saturated heterocycles. The topological polar surface area (TPSA) is 125 Å². The van der Waals surface area contributed by atoms with Gasteiger partial charge < -0.3 is 20.8 Å². The molecule has 7 nitrogen and oxygen atoms in total. The van der Waals surface area contributed by atoms with Gasteiger partial charge in [0.15, 0.2) is 5.69 Å². The number of nitrogens with two attached hydrogens (primary N) is 1. The molecular formula is C17H11FN4O3. The third kappa shape index (κ3) is 2.31. The van der Waals surface area contributed by atoms with Gasteiger partial charge in [-0.05, 0) is 30.3 Å². The first-order valence-electron chi connectivity index (χ1n) is 7.28. The lowest BCUT2D eigenvalue weighted by molar-refractivity contribution is 0.0697. The molecule has 0 atom stereocenters. The van der Waals surface area contributed by atoms with E-state index in [0.717, 1.165) is 0 Å². The number of carbonyl (C=O) groups is 1. The summed E-state index contributed by atoms with van der Waals surface area (Å²) in [6, 6.07) is 8.27. The summed E-state index contributed by atoms with van der Waals surface area (Å²) in [4.78, 5) is 33.3. The van der Waals surface area contributed by atoms with E-state index in [1.54, 1.807) is 6.07 Å². The van der Waals surface area contributed by atoms with Gasteiger partial charge in [-0.2, -0.15) is 0 Å². The summed E-state index contributed by atoms with van der Waals surface area (Å²) in [7, 11) is 0. The number of fused-ring (bicyclic) bond motifs is 2. The predicted molar refractivity (Wildman–Crippen MR) is 91.0 cm³/mol. The number of nitrogen functional groups attached to an aromatic ring is 1. The normalized spacial score (nSPS) is 11.2. The van der Waals surface area contributed by atoms with E-state index in [4.69, 9.17) is 10.8 Å². The van der Waals surface area contributed by atoms with Crippen molar-refractivity contribution in [2.45, 2.75) is 0 Å². The first-order chi connectivity index (χ1) is 11.9. The van der Waals surface area contributed by atoms with Crippen LogP contribution in [-0.4, -0.2) is 26.0 Å². The van der Waals surface area contributed by atoms with Crippen molar-refractivity contribution in [2.75, 3.05) is 5.73 Å². The first-order valence-corrected chi connectivity index (χ1v) is 7.28. The molecule has 0 aliphatic rings. The Kier molecular flexibility index (Phi) is 3.08. The standard InChI is InChI=1S/C17H11FN4O3/c18-8-2-4-11-12(6-8)21-15(16(23)22-11)14-13(19)9-5-7(17(24)25)1-3-10(9)20-14/h1-6,20H,19H2,(H,22,23)(H,24,25). The molecule has 0 aliphatic carbocycles. The SMILES string of the molecule is Nc1c(-c2nc3cc(F)ccc3[nH]c2=O)[nH]c2ccc(C(=O)O)cc12. The number of hydrogen-bond donors (Lipinski definition) is 4. The number of carboxylic acids is 1. The van der Waals surface area contributed by atoms with Gasteiger partial charge >= 0.3 is 5.97 Å². The van der Waals surface area contributed by atoms with Crippen molar-refractivity contribution in [1.82, 2.24) is 15.0 Å². The summed E-state index contributed by atoms with van der Waals surface area (Å²) in [5.74, 6) is -1.56. The van der Waals surface area contributed by atoms with Crippen LogP contribution in [0.5, 0.6) is 0 Å². The van der Waals surface area contributed by atoms with Crippen molar-refractivity contribution in [3.8, 4) is 11.4 Å². The van der Waals surface area contributed by atoms with Crippen molar-refractivity contribution in [3.63, 3.8) is 0 Å². The van der Waals surface area contributed by atoms with Crippen LogP contribution in [0.2, 0.25) is 0 Å². The number of rotatable bonds is 2. The van der Waals surface area contributed by atoms with E-state index in [9.17, 15) is 14.0 Å². The minimum absolute atomic E-state index is 0.00340. The van der Waals surface area contributed by atoms with Gasteiger partial charge in [0.1, 0.15) is 5.82 Å². The molecule has 0 saturated carbocycles. The van der Waals surface area contributed by atoms with Crippen molar-refractivity contribution in [2.24, 2.45) is 0 Å². The van der Waals surface area contributed by atoms with Crippen LogP contribution in [0.4, 0.5) is 10.1 Å². The number of halogens is 1.